The molecule has 5 nitrogen and oxygen atoms in total. The number of aliphatic hydroxyl groups excluding tert-OH is 1. The Labute approximate surface area is 143 Å². The van der Waals surface area contributed by atoms with Gasteiger partial charge in [0.2, 0.25) is 0 Å². The van der Waals surface area contributed by atoms with Crippen molar-refractivity contribution in [2.24, 2.45) is 0 Å². The monoisotopic (exact) mass is 351 g/mol. The second-order valence-electron chi connectivity index (χ2n) is 6.47. The molecular formula is C17H37NO4S. The molecule has 1 atom stereocenters. The molecule has 1 unspecified atom stereocenters. The highest BCUT2D eigenvalue weighted by atomic mass is 32.2. The van der Waals surface area contributed by atoms with Crippen LogP contribution in [-0.4, -0.2) is 43.0 Å². The third-order valence-electron chi connectivity index (χ3n) is 4.06. The van der Waals surface area contributed by atoms with E-state index in [4.69, 9.17) is 4.55 Å². The van der Waals surface area contributed by atoms with Crippen LogP contribution in [0.5, 0.6) is 0 Å². The SMILES string of the molecule is CCCCCCCCCCCCCC(O)CNCCS(=O)(=O)O. The standard InChI is InChI=1S/C17H37NO4S/c1-2-3-4-5-6-7-8-9-10-11-12-13-17(19)16-18-14-15-23(20,21)22/h17-19H,2-16H2,1H3,(H,20,21,22). The zero-order valence-electron chi connectivity index (χ0n) is 14.8. The maximum Gasteiger partial charge on any atom is 0.266 e. The van der Waals surface area contributed by atoms with Gasteiger partial charge in [0.15, 0.2) is 0 Å². The average molecular weight is 352 g/mol. The first kappa shape index (κ1) is 22.8. The van der Waals surface area contributed by atoms with Gasteiger partial charge in [-0.15, -0.1) is 0 Å². The Morgan fingerprint density at radius 2 is 1.35 bits per heavy atom. The van der Waals surface area contributed by atoms with Crippen LogP contribution in [0.25, 0.3) is 0 Å². The normalized spacial score (nSPS) is 13.3. The fourth-order valence-corrected chi connectivity index (χ4v) is 3.02. The van der Waals surface area contributed by atoms with E-state index in [0.717, 1.165) is 19.3 Å². The molecule has 23 heavy (non-hydrogen) atoms. The van der Waals surface area contributed by atoms with E-state index in [1.54, 1.807) is 0 Å². The number of unbranched alkanes of at least 4 members (excludes halogenated alkanes) is 10. The van der Waals surface area contributed by atoms with Gasteiger partial charge in [0.05, 0.1) is 11.9 Å². The van der Waals surface area contributed by atoms with Gasteiger partial charge in [-0.1, -0.05) is 77.6 Å². The first-order valence-corrected chi connectivity index (χ1v) is 10.9. The van der Waals surface area contributed by atoms with E-state index in [1.165, 1.54) is 57.8 Å². The average Bonchev–Trinajstić information content (AvgIpc) is 2.48. The van der Waals surface area contributed by atoms with Gasteiger partial charge in [-0.05, 0) is 6.42 Å². The fraction of sp³-hybridized carbons (Fsp3) is 1.00. The molecule has 0 aromatic carbocycles. The third kappa shape index (κ3) is 19.8. The molecule has 0 aliphatic heterocycles. The maximum atomic E-state index is 10.5. The first-order valence-electron chi connectivity index (χ1n) is 9.29. The van der Waals surface area contributed by atoms with Crippen molar-refractivity contribution in [1.29, 1.82) is 0 Å². The van der Waals surface area contributed by atoms with Crippen molar-refractivity contribution >= 4 is 10.1 Å². The summed E-state index contributed by atoms with van der Waals surface area (Å²) in [7, 11) is -3.91. The molecular weight excluding hydrogens is 314 g/mol. The molecule has 0 fully saturated rings. The molecule has 0 radical (unpaired) electrons. The lowest BCUT2D eigenvalue weighted by molar-refractivity contribution is 0.158. The van der Waals surface area contributed by atoms with Crippen molar-refractivity contribution in [2.45, 2.75) is 90.1 Å². The molecule has 0 amide bonds. The number of aliphatic hydroxyl groups is 1. The van der Waals surface area contributed by atoms with E-state index in [2.05, 4.69) is 12.2 Å². The van der Waals surface area contributed by atoms with E-state index in [9.17, 15) is 13.5 Å². The van der Waals surface area contributed by atoms with Crippen molar-refractivity contribution < 1.29 is 18.1 Å². The summed E-state index contributed by atoms with van der Waals surface area (Å²) in [6.07, 6.45) is 14.5. The summed E-state index contributed by atoms with van der Waals surface area (Å²) in [5, 5.41) is 12.6. The van der Waals surface area contributed by atoms with Gasteiger partial charge < -0.3 is 10.4 Å². The summed E-state index contributed by atoms with van der Waals surface area (Å²) in [6.45, 7) is 2.80. The molecule has 0 bridgehead atoms. The molecule has 3 N–H and O–H groups in total. The van der Waals surface area contributed by atoms with Gasteiger partial charge in [-0.3, -0.25) is 4.55 Å². The van der Waals surface area contributed by atoms with Crippen molar-refractivity contribution in [3.05, 3.63) is 0 Å². The first-order chi connectivity index (χ1) is 11.0. The van der Waals surface area contributed by atoms with E-state index in [0.29, 0.717) is 6.54 Å². The Hall–Kier alpha value is -0.170. The van der Waals surface area contributed by atoms with Gasteiger partial charge >= 0.3 is 0 Å². The zero-order chi connectivity index (χ0) is 17.4. The highest BCUT2D eigenvalue weighted by Gasteiger charge is 2.06. The molecule has 0 aliphatic rings. The van der Waals surface area contributed by atoms with Crippen molar-refractivity contribution in [1.82, 2.24) is 5.32 Å². The predicted molar refractivity (Wildman–Crippen MR) is 96.4 cm³/mol. The largest absolute Gasteiger partial charge is 0.392 e. The second kappa shape index (κ2) is 15.4. The highest BCUT2D eigenvalue weighted by molar-refractivity contribution is 7.85. The van der Waals surface area contributed by atoms with Crippen LogP contribution in [0.1, 0.15) is 84.0 Å². The summed E-state index contributed by atoms with van der Waals surface area (Å²) >= 11 is 0. The number of nitrogens with one attached hydrogen (secondary N) is 1. The van der Waals surface area contributed by atoms with Gasteiger partial charge in [-0.25, -0.2) is 0 Å². The topological polar surface area (TPSA) is 86.6 Å². The summed E-state index contributed by atoms with van der Waals surface area (Å²) in [5.74, 6) is -0.307. The Bertz CT molecular complexity index is 347. The van der Waals surface area contributed by atoms with Crippen LogP contribution >= 0.6 is 0 Å². The molecule has 140 valence electrons. The number of hydrogen-bond acceptors (Lipinski definition) is 4. The smallest absolute Gasteiger partial charge is 0.266 e. The molecule has 0 aromatic heterocycles. The maximum absolute atomic E-state index is 10.5. The minimum Gasteiger partial charge on any atom is -0.392 e. The van der Waals surface area contributed by atoms with E-state index in [1.807, 2.05) is 0 Å². The van der Waals surface area contributed by atoms with Crippen molar-refractivity contribution in [2.75, 3.05) is 18.8 Å². The predicted octanol–water partition coefficient (Wildman–Crippen LogP) is 3.53. The molecule has 0 rings (SSSR count). The van der Waals surface area contributed by atoms with Crippen LogP contribution in [0.15, 0.2) is 0 Å². The lowest BCUT2D eigenvalue weighted by Crippen LogP contribution is -2.30. The van der Waals surface area contributed by atoms with E-state index < -0.39 is 16.2 Å². The molecule has 0 saturated heterocycles. The van der Waals surface area contributed by atoms with Crippen LogP contribution in [-0.2, 0) is 10.1 Å². The highest BCUT2D eigenvalue weighted by Crippen LogP contribution is 2.12. The van der Waals surface area contributed by atoms with Gasteiger partial charge in [0.1, 0.15) is 0 Å². The van der Waals surface area contributed by atoms with E-state index >= 15 is 0 Å². The molecule has 0 aromatic rings. The molecule has 6 heteroatoms. The lowest BCUT2D eigenvalue weighted by Gasteiger charge is -2.11. The Morgan fingerprint density at radius 3 is 1.83 bits per heavy atom. The summed E-state index contributed by atoms with van der Waals surface area (Å²) in [6, 6.07) is 0. The Balaban J connectivity index is 3.22. The lowest BCUT2D eigenvalue weighted by atomic mass is 10.0. The number of rotatable bonds is 17. The Kier molecular flexibility index (Phi) is 15.2. The number of hydrogen-bond donors (Lipinski definition) is 3. The minimum atomic E-state index is -3.91. The summed E-state index contributed by atoms with van der Waals surface area (Å²) < 4.78 is 29.6. The van der Waals surface area contributed by atoms with E-state index in [-0.39, 0.29) is 12.3 Å². The third-order valence-corrected chi connectivity index (χ3v) is 4.78. The molecule has 0 heterocycles. The molecule has 0 aliphatic carbocycles. The van der Waals surface area contributed by atoms with Crippen LogP contribution in [0.3, 0.4) is 0 Å². The van der Waals surface area contributed by atoms with Gasteiger partial charge in [-0.2, -0.15) is 8.42 Å². The quantitative estimate of drug-likeness (QED) is 0.276. The van der Waals surface area contributed by atoms with Crippen molar-refractivity contribution in [3.63, 3.8) is 0 Å². The Morgan fingerprint density at radius 1 is 0.870 bits per heavy atom. The second-order valence-corrected chi connectivity index (χ2v) is 8.04. The zero-order valence-corrected chi connectivity index (χ0v) is 15.6. The van der Waals surface area contributed by atoms with Gasteiger partial charge in [0, 0.05) is 13.1 Å². The minimum absolute atomic E-state index is 0.175. The van der Waals surface area contributed by atoms with Crippen LogP contribution in [0.4, 0.5) is 0 Å². The summed E-state index contributed by atoms with van der Waals surface area (Å²) in [5.41, 5.74) is 0. The molecule has 0 spiro atoms. The van der Waals surface area contributed by atoms with Gasteiger partial charge in [0.25, 0.3) is 10.1 Å². The van der Waals surface area contributed by atoms with Crippen LogP contribution in [0.2, 0.25) is 0 Å². The van der Waals surface area contributed by atoms with Crippen LogP contribution < -0.4 is 5.32 Å². The van der Waals surface area contributed by atoms with Crippen LogP contribution in [0, 0.1) is 0 Å². The van der Waals surface area contributed by atoms with Crippen molar-refractivity contribution in [3.8, 4) is 0 Å². The fourth-order valence-electron chi connectivity index (χ4n) is 2.62. The molecule has 0 saturated carbocycles. The summed E-state index contributed by atoms with van der Waals surface area (Å²) in [4.78, 5) is 0.